The third-order valence-corrected chi connectivity index (χ3v) is 4.96. The summed E-state index contributed by atoms with van der Waals surface area (Å²) in [5, 5.41) is 12.6. The van der Waals surface area contributed by atoms with Gasteiger partial charge in [0.2, 0.25) is 0 Å². The summed E-state index contributed by atoms with van der Waals surface area (Å²) in [5.74, 6) is 0.444. The van der Waals surface area contributed by atoms with Gasteiger partial charge in [-0.2, -0.15) is 0 Å². The van der Waals surface area contributed by atoms with Crippen LogP contribution in [0.4, 0.5) is 4.79 Å². The summed E-state index contributed by atoms with van der Waals surface area (Å²) in [6, 6.07) is 8.44. The van der Waals surface area contributed by atoms with Crippen LogP contribution in [0.1, 0.15) is 43.4 Å². The van der Waals surface area contributed by atoms with Crippen molar-refractivity contribution in [2.45, 2.75) is 44.7 Å². The Balaban J connectivity index is 1.76. The van der Waals surface area contributed by atoms with Crippen LogP contribution in [0.15, 0.2) is 24.3 Å². The van der Waals surface area contributed by atoms with Gasteiger partial charge in [-0.05, 0) is 42.7 Å². The van der Waals surface area contributed by atoms with Crippen molar-refractivity contribution in [2.75, 3.05) is 13.2 Å². The van der Waals surface area contributed by atoms with E-state index in [0.29, 0.717) is 5.92 Å². The molecule has 0 radical (unpaired) electrons. The van der Waals surface area contributed by atoms with E-state index in [0.717, 1.165) is 32.2 Å². The van der Waals surface area contributed by atoms with Crippen LogP contribution >= 0.6 is 0 Å². The normalized spacial score (nSPS) is 28.3. The third-order valence-electron chi connectivity index (χ3n) is 4.96. The molecule has 4 heteroatoms. The lowest BCUT2D eigenvalue weighted by molar-refractivity contribution is 0.151. The summed E-state index contributed by atoms with van der Waals surface area (Å²) >= 11 is 0. The number of urea groups is 1. The number of carbonyl (C=O) groups is 1. The Morgan fingerprint density at radius 1 is 1.38 bits per heavy atom. The Labute approximate surface area is 126 Å². The Hall–Kier alpha value is -1.55. The summed E-state index contributed by atoms with van der Waals surface area (Å²) < 4.78 is 0. The van der Waals surface area contributed by atoms with E-state index < -0.39 is 0 Å². The summed E-state index contributed by atoms with van der Waals surface area (Å²) in [5.41, 5.74) is 2.60. The molecule has 21 heavy (non-hydrogen) atoms. The van der Waals surface area contributed by atoms with Gasteiger partial charge in [0, 0.05) is 6.54 Å². The smallest absolute Gasteiger partial charge is 0.318 e. The quantitative estimate of drug-likeness (QED) is 0.878. The lowest BCUT2D eigenvalue weighted by Crippen LogP contribution is -2.47. The number of aryl methyl sites for hydroxylation is 1. The zero-order chi connectivity index (χ0) is 14.8. The van der Waals surface area contributed by atoms with Crippen LogP contribution in [0.5, 0.6) is 0 Å². The van der Waals surface area contributed by atoms with Gasteiger partial charge in [-0.25, -0.2) is 4.79 Å². The number of nitrogens with zero attached hydrogens (tertiary/aromatic N) is 1. The summed E-state index contributed by atoms with van der Waals surface area (Å²) in [4.78, 5) is 14.3. The van der Waals surface area contributed by atoms with Gasteiger partial charge in [-0.1, -0.05) is 31.2 Å². The van der Waals surface area contributed by atoms with Crippen molar-refractivity contribution in [3.63, 3.8) is 0 Å². The molecule has 0 aromatic heterocycles. The average Bonchev–Trinajstić information content (AvgIpc) is 2.98. The molecule has 2 amide bonds. The fourth-order valence-electron chi connectivity index (χ4n) is 3.65. The molecule has 3 unspecified atom stereocenters. The van der Waals surface area contributed by atoms with E-state index in [1.54, 1.807) is 4.90 Å². The molecule has 1 aromatic rings. The number of likely N-dealkylation sites (tertiary alicyclic amines) is 1. The molecule has 1 fully saturated rings. The molecular formula is C17H24N2O2. The van der Waals surface area contributed by atoms with Gasteiger partial charge in [0.25, 0.3) is 0 Å². The van der Waals surface area contributed by atoms with E-state index in [-0.39, 0.29) is 24.7 Å². The second kappa shape index (κ2) is 6.06. The fourth-order valence-corrected chi connectivity index (χ4v) is 3.65. The Kier molecular flexibility index (Phi) is 4.15. The predicted molar refractivity (Wildman–Crippen MR) is 82.0 cm³/mol. The maximum Gasteiger partial charge on any atom is 0.318 e. The minimum atomic E-state index is -0.0277. The number of aliphatic hydroxyl groups excluding tert-OH is 1. The summed E-state index contributed by atoms with van der Waals surface area (Å²) in [6.07, 6.45) is 4.08. The maximum absolute atomic E-state index is 12.5. The molecule has 2 N–H and O–H groups in total. The Morgan fingerprint density at radius 2 is 2.19 bits per heavy atom. The van der Waals surface area contributed by atoms with Crippen molar-refractivity contribution < 1.29 is 9.90 Å². The number of carbonyl (C=O) groups excluding carboxylic acids is 1. The van der Waals surface area contributed by atoms with Gasteiger partial charge in [0.05, 0.1) is 18.7 Å². The minimum absolute atomic E-state index is 0.0147. The number of fused-ring (bicyclic) bond motifs is 1. The van der Waals surface area contributed by atoms with Crippen molar-refractivity contribution >= 4 is 6.03 Å². The van der Waals surface area contributed by atoms with Gasteiger partial charge in [0.1, 0.15) is 0 Å². The van der Waals surface area contributed by atoms with Crippen molar-refractivity contribution in [2.24, 2.45) is 5.92 Å². The Bertz CT molecular complexity index is 517. The summed E-state index contributed by atoms with van der Waals surface area (Å²) in [7, 11) is 0. The molecule has 1 aliphatic heterocycles. The first-order valence-corrected chi connectivity index (χ1v) is 7.96. The molecular weight excluding hydrogens is 264 g/mol. The molecule has 0 bridgehead atoms. The maximum atomic E-state index is 12.5. The highest BCUT2D eigenvalue weighted by Gasteiger charge is 2.32. The van der Waals surface area contributed by atoms with E-state index in [1.807, 2.05) is 6.07 Å². The highest BCUT2D eigenvalue weighted by Crippen LogP contribution is 2.34. The van der Waals surface area contributed by atoms with Gasteiger partial charge < -0.3 is 15.3 Å². The van der Waals surface area contributed by atoms with E-state index >= 15 is 0 Å². The van der Waals surface area contributed by atoms with E-state index in [9.17, 15) is 9.90 Å². The molecule has 0 saturated carbocycles. The monoisotopic (exact) mass is 288 g/mol. The molecule has 1 heterocycles. The fraction of sp³-hybridized carbons (Fsp3) is 0.588. The zero-order valence-corrected chi connectivity index (χ0v) is 12.6. The molecule has 1 aromatic carbocycles. The number of amides is 2. The SMILES string of the molecule is CC1CCc2ccccc2C1NC(=O)N1CCCC1CO. The van der Waals surface area contributed by atoms with Crippen molar-refractivity contribution in [3.05, 3.63) is 35.4 Å². The lowest BCUT2D eigenvalue weighted by atomic mass is 9.81. The largest absolute Gasteiger partial charge is 0.394 e. The van der Waals surface area contributed by atoms with Crippen LogP contribution in [-0.2, 0) is 6.42 Å². The summed E-state index contributed by atoms with van der Waals surface area (Å²) in [6.45, 7) is 3.01. The molecule has 2 aliphatic rings. The van der Waals surface area contributed by atoms with Gasteiger partial charge >= 0.3 is 6.03 Å². The molecule has 1 saturated heterocycles. The first-order valence-electron chi connectivity index (χ1n) is 7.96. The number of hydrogen-bond donors (Lipinski definition) is 2. The van der Waals surface area contributed by atoms with Gasteiger partial charge in [-0.3, -0.25) is 0 Å². The van der Waals surface area contributed by atoms with Crippen LogP contribution in [0.3, 0.4) is 0 Å². The molecule has 114 valence electrons. The molecule has 0 spiro atoms. The van der Waals surface area contributed by atoms with E-state index in [4.69, 9.17) is 0 Å². The highest BCUT2D eigenvalue weighted by atomic mass is 16.3. The number of aliphatic hydroxyl groups is 1. The van der Waals surface area contributed by atoms with Crippen molar-refractivity contribution in [1.29, 1.82) is 0 Å². The zero-order valence-electron chi connectivity index (χ0n) is 12.6. The second-order valence-electron chi connectivity index (χ2n) is 6.31. The van der Waals surface area contributed by atoms with E-state index in [1.165, 1.54) is 11.1 Å². The van der Waals surface area contributed by atoms with Crippen molar-refractivity contribution in [3.8, 4) is 0 Å². The van der Waals surface area contributed by atoms with Crippen LogP contribution in [0.25, 0.3) is 0 Å². The van der Waals surface area contributed by atoms with Crippen LogP contribution in [0.2, 0.25) is 0 Å². The standard InChI is InChI=1S/C17H24N2O2/c1-12-8-9-13-5-2-3-7-15(13)16(12)18-17(21)19-10-4-6-14(19)11-20/h2-3,5,7,12,14,16,20H,4,6,8-11H2,1H3,(H,18,21). The number of hydrogen-bond acceptors (Lipinski definition) is 2. The average molecular weight is 288 g/mol. The number of benzene rings is 1. The first-order chi connectivity index (χ1) is 10.2. The van der Waals surface area contributed by atoms with Gasteiger partial charge in [0.15, 0.2) is 0 Å². The number of nitrogens with one attached hydrogen (secondary N) is 1. The first kappa shape index (κ1) is 14.4. The van der Waals surface area contributed by atoms with Crippen LogP contribution in [-0.4, -0.2) is 35.2 Å². The Morgan fingerprint density at radius 3 is 3.00 bits per heavy atom. The molecule has 4 nitrogen and oxygen atoms in total. The second-order valence-corrected chi connectivity index (χ2v) is 6.31. The molecule has 1 aliphatic carbocycles. The van der Waals surface area contributed by atoms with E-state index in [2.05, 4.69) is 30.4 Å². The highest BCUT2D eigenvalue weighted by molar-refractivity contribution is 5.75. The minimum Gasteiger partial charge on any atom is -0.394 e. The van der Waals surface area contributed by atoms with Crippen molar-refractivity contribution in [1.82, 2.24) is 10.2 Å². The van der Waals surface area contributed by atoms with Gasteiger partial charge in [-0.15, -0.1) is 0 Å². The predicted octanol–water partition coefficient (Wildman–Crippen LogP) is 2.48. The third kappa shape index (κ3) is 2.77. The number of rotatable bonds is 2. The van der Waals surface area contributed by atoms with Crippen LogP contribution < -0.4 is 5.32 Å². The van der Waals surface area contributed by atoms with Crippen LogP contribution in [0, 0.1) is 5.92 Å². The topological polar surface area (TPSA) is 52.6 Å². The molecule has 3 rings (SSSR count). The molecule has 3 atom stereocenters. The lowest BCUT2D eigenvalue weighted by Gasteiger charge is -2.34.